The van der Waals surface area contributed by atoms with Crippen LogP contribution in [0.1, 0.15) is 39.8 Å². The van der Waals surface area contributed by atoms with Crippen LogP contribution in [0.4, 0.5) is 0 Å². The van der Waals surface area contributed by atoms with Gasteiger partial charge in [-0.2, -0.15) is 0 Å². The third-order valence-electron chi connectivity index (χ3n) is 8.64. The van der Waals surface area contributed by atoms with Crippen molar-refractivity contribution in [3.8, 4) is 33.4 Å². The van der Waals surface area contributed by atoms with Gasteiger partial charge < -0.3 is 4.42 Å². The smallest absolute Gasteiger partial charge is 0.136 e. The number of hydrogen-bond acceptors (Lipinski definition) is 1. The van der Waals surface area contributed by atoms with Crippen LogP contribution in [0.25, 0.3) is 109 Å². The Hall–Kier alpha value is -6.70. The molecule has 0 spiro atoms. The highest BCUT2D eigenvalue weighted by Crippen LogP contribution is 2.46. The van der Waals surface area contributed by atoms with E-state index in [1.165, 1.54) is 0 Å². The molecule has 1 aromatic heterocycles. The molecule has 0 atom stereocenters. The summed E-state index contributed by atoms with van der Waals surface area (Å²) in [5, 5.41) is -6.81. The molecule has 1 heteroatoms. The fourth-order valence-corrected chi connectivity index (χ4v) is 6.47. The first-order chi connectivity index (χ1) is 37.4. The summed E-state index contributed by atoms with van der Waals surface area (Å²) in [7, 11) is 0. The molecule has 236 valence electrons. The van der Waals surface area contributed by atoms with E-state index in [-0.39, 0.29) is 21.5 Å². The summed E-state index contributed by atoms with van der Waals surface area (Å²) in [6.07, 6.45) is 0. The van der Waals surface area contributed by atoms with Crippen molar-refractivity contribution >= 4 is 75.8 Å². The van der Waals surface area contributed by atoms with Crippen molar-refractivity contribution in [3.63, 3.8) is 0 Å². The predicted molar refractivity (Wildman–Crippen MR) is 218 cm³/mol. The quantitative estimate of drug-likeness (QED) is 0.170. The highest BCUT2D eigenvalue weighted by Gasteiger charge is 2.19. The second-order valence-corrected chi connectivity index (χ2v) is 11.3. The van der Waals surface area contributed by atoms with Gasteiger partial charge in [0, 0.05) is 10.8 Å². The van der Waals surface area contributed by atoms with Gasteiger partial charge in [-0.25, -0.2) is 0 Å². The molecule has 1 nitrogen and oxygen atoms in total. The number of fused-ring (bicyclic) bond motifs is 9. The first kappa shape index (κ1) is 12.0. The zero-order valence-corrected chi connectivity index (χ0v) is 25.5. The first-order valence-corrected chi connectivity index (χ1v) is 15.2. The monoisotopic (exact) mass is 675 g/mol. The van der Waals surface area contributed by atoms with E-state index in [9.17, 15) is 17.8 Å². The summed E-state index contributed by atoms with van der Waals surface area (Å²) in [5.74, 6) is 0. The molecule has 0 aliphatic rings. The summed E-state index contributed by atoms with van der Waals surface area (Å²) >= 11 is 0. The molecule has 0 fully saturated rings. The maximum absolute atomic E-state index is 9.96. The standard InChI is InChI=1S/C50H30O/c1-3-15-36-31(11-1)13-9-22-40(36)49-43-19-7-5-17-41(43)48(42-18-6-8-20-44(42)49)35-24-26-38-33(29-35)14-10-21-37(38)34-23-27-45-47(30-34)51-46-28-25-32-12-2-4-16-39(32)50(45)46/h1-30H/i1D,2D,3D,4D,5D,6D,7D,8D,9D,10D,11D,13D,14D,15D,16D,17D,18D,19D,20D,21D,22D,23D,24D,25D,26D,27D,28D,29D,30D. The maximum Gasteiger partial charge on any atom is 0.136 e. The fraction of sp³-hybridized carbons (Fsp3) is 0. The summed E-state index contributed by atoms with van der Waals surface area (Å²) < 4.78 is 270. The average molecular weight is 676 g/mol. The highest BCUT2D eigenvalue weighted by atomic mass is 16.3. The Bertz CT molecular complexity index is 4780. The van der Waals surface area contributed by atoms with Gasteiger partial charge in [0.2, 0.25) is 0 Å². The Kier molecular flexibility index (Phi) is 2.56. The van der Waals surface area contributed by atoms with E-state index in [0.29, 0.717) is 0 Å². The molecule has 10 aromatic carbocycles. The van der Waals surface area contributed by atoms with Crippen molar-refractivity contribution in [2.24, 2.45) is 0 Å². The number of rotatable bonds is 3. The molecule has 0 N–H and O–H groups in total. The van der Waals surface area contributed by atoms with Crippen LogP contribution in [0.15, 0.2) is 186 Å². The van der Waals surface area contributed by atoms with Gasteiger partial charge in [-0.3, -0.25) is 0 Å². The molecular weight excluding hydrogens is 617 g/mol. The van der Waals surface area contributed by atoms with Crippen LogP contribution in [0.3, 0.4) is 0 Å². The molecule has 0 unspecified atom stereocenters. The van der Waals surface area contributed by atoms with Crippen LogP contribution < -0.4 is 0 Å². The van der Waals surface area contributed by atoms with E-state index >= 15 is 0 Å². The third kappa shape index (κ3) is 4.22. The third-order valence-corrected chi connectivity index (χ3v) is 8.64. The Balaban J connectivity index is 1.36. The van der Waals surface area contributed by atoms with Gasteiger partial charge in [-0.1, -0.05) is 157 Å². The molecule has 0 aliphatic carbocycles. The van der Waals surface area contributed by atoms with Gasteiger partial charge in [0.05, 0.1) is 39.8 Å². The minimum atomic E-state index is -1.10. The lowest BCUT2D eigenvalue weighted by Crippen LogP contribution is -1.92. The molecule has 0 bridgehead atoms. The van der Waals surface area contributed by atoms with Crippen LogP contribution in [-0.2, 0) is 0 Å². The Morgan fingerprint density at radius 3 is 1.73 bits per heavy atom. The van der Waals surface area contributed by atoms with Crippen molar-refractivity contribution in [1.29, 1.82) is 0 Å². The Morgan fingerprint density at radius 2 is 0.922 bits per heavy atom. The lowest BCUT2D eigenvalue weighted by Gasteiger charge is -2.19. The average Bonchev–Trinajstić information content (AvgIpc) is 3.83. The van der Waals surface area contributed by atoms with Gasteiger partial charge in [-0.15, -0.1) is 0 Å². The molecule has 0 amide bonds. The lowest BCUT2D eigenvalue weighted by molar-refractivity contribution is 0.669. The van der Waals surface area contributed by atoms with E-state index in [2.05, 4.69) is 0 Å². The first-order valence-electron chi connectivity index (χ1n) is 29.7. The van der Waals surface area contributed by atoms with Crippen LogP contribution in [0, 0.1) is 0 Å². The molecular formula is C50H30O. The molecule has 11 aromatic rings. The second kappa shape index (κ2) is 10.9. The Morgan fingerprint density at radius 1 is 0.333 bits per heavy atom. The SMILES string of the molecule is [2H]c1cc2c([2H])c([2H])c3oc4c([2H])c(-c5c([2H])c([2H])c([2H])c6c([2H])c(-c7c8c([2H])c([2H])c([2H])c([2H])c8c(-c8c([2H])c([2H])c([2H])c9c([2H])c([2H])c([2H])c([2H])c89)c8c([2H])c([2H])c([2H])c([2H])c78)c([2H])c([2H])c56)c([2H])c([2H])c4c3c2c([2H])c1[2H]. The zero-order chi connectivity index (χ0) is 58.7. The summed E-state index contributed by atoms with van der Waals surface area (Å²) in [6, 6.07) is -25.0. The summed E-state index contributed by atoms with van der Waals surface area (Å²) in [5.41, 5.74) is -5.62. The van der Waals surface area contributed by atoms with E-state index < -0.39 is 263 Å². The van der Waals surface area contributed by atoms with E-state index in [1.54, 1.807) is 0 Å². The largest absolute Gasteiger partial charge is 0.456 e. The zero-order valence-electron chi connectivity index (χ0n) is 54.5. The minimum absolute atomic E-state index is 0.153. The minimum Gasteiger partial charge on any atom is -0.456 e. The van der Waals surface area contributed by atoms with Crippen molar-refractivity contribution in [2.45, 2.75) is 0 Å². The molecule has 1 heterocycles. The number of benzene rings is 10. The van der Waals surface area contributed by atoms with Crippen molar-refractivity contribution in [2.75, 3.05) is 0 Å². The Labute approximate surface area is 335 Å². The van der Waals surface area contributed by atoms with Crippen LogP contribution >= 0.6 is 0 Å². The second-order valence-electron chi connectivity index (χ2n) is 11.3. The topological polar surface area (TPSA) is 13.1 Å². The van der Waals surface area contributed by atoms with Gasteiger partial charge in [0.1, 0.15) is 11.2 Å². The predicted octanol–water partition coefficient (Wildman–Crippen LogP) is 14.4. The van der Waals surface area contributed by atoms with Crippen molar-refractivity contribution < 1.29 is 44.2 Å². The van der Waals surface area contributed by atoms with Crippen molar-refractivity contribution in [1.82, 2.24) is 0 Å². The highest BCUT2D eigenvalue weighted by molar-refractivity contribution is 6.24. The molecule has 0 aliphatic heterocycles. The molecule has 51 heavy (non-hydrogen) atoms. The van der Waals surface area contributed by atoms with Gasteiger partial charge in [-0.05, 0) is 111 Å². The van der Waals surface area contributed by atoms with E-state index in [0.717, 1.165) is 6.07 Å². The number of hydrogen-bond donors (Lipinski definition) is 0. The molecule has 11 rings (SSSR count). The normalized spacial score (nSPS) is 19.9. The number of furan rings is 1. The molecule has 0 saturated heterocycles. The van der Waals surface area contributed by atoms with Gasteiger partial charge in [0.25, 0.3) is 0 Å². The van der Waals surface area contributed by atoms with Crippen LogP contribution in [0.2, 0.25) is 0 Å². The summed E-state index contributed by atoms with van der Waals surface area (Å²) in [4.78, 5) is 0. The van der Waals surface area contributed by atoms with E-state index in [4.69, 9.17) is 26.3 Å². The fourth-order valence-electron chi connectivity index (χ4n) is 6.47. The maximum atomic E-state index is 9.96. The van der Waals surface area contributed by atoms with E-state index in [1.807, 2.05) is 0 Å². The van der Waals surface area contributed by atoms with Crippen LogP contribution in [0.5, 0.6) is 0 Å². The van der Waals surface area contributed by atoms with Gasteiger partial charge >= 0.3 is 0 Å². The molecule has 0 saturated carbocycles. The molecule has 0 radical (unpaired) electrons. The van der Waals surface area contributed by atoms with Crippen LogP contribution in [-0.4, -0.2) is 0 Å². The summed E-state index contributed by atoms with van der Waals surface area (Å²) in [6.45, 7) is 0. The van der Waals surface area contributed by atoms with Gasteiger partial charge in [0.15, 0.2) is 0 Å². The van der Waals surface area contributed by atoms with Crippen molar-refractivity contribution in [3.05, 3.63) is 181 Å². The lowest BCUT2D eigenvalue weighted by atomic mass is 9.84.